The van der Waals surface area contributed by atoms with Crippen molar-refractivity contribution in [2.45, 2.75) is 11.1 Å². The lowest BCUT2D eigenvalue weighted by molar-refractivity contribution is 0.537. The molecule has 0 radical (unpaired) electrons. The molecular weight excluding hydrogens is 347 g/mol. The Bertz CT molecular complexity index is 680. The van der Waals surface area contributed by atoms with Crippen LogP contribution >= 0.6 is 15.9 Å². The van der Waals surface area contributed by atoms with Crippen molar-refractivity contribution in [3.05, 3.63) is 60.0 Å². The topological polar surface area (TPSA) is 59.1 Å². The van der Waals surface area contributed by atoms with Gasteiger partial charge in [-0.3, -0.25) is 0 Å². The molecule has 20 heavy (non-hydrogen) atoms. The van der Waals surface area contributed by atoms with E-state index in [1.807, 2.05) is 6.07 Å². The van der Waals surface area contributed by atoms with Crippen molar-refractivity contribution in [1.82, 2.24) is 9.71 Å². The Morgan fingerprint density at radius 1 is 1.20 bits per heavy atom. The van der Waals surface area contributed by atoms with E-state index in [9.17, 15) is 12.8 Å². The third-order valence-corrected chi connectivity index (χ3v) is 4.68. The lowest BCUT2D eigenvalue weighted by Gasteiger charge is -2.16. The molecule has 1 aromatic heterocycles. The number of hydrogen-bond acceptors (Lipinski definition) is 3. The predicted octanol–water partition coefficient (Wildman–Crippen LogP) is 2.64. The summed E-state index contributed by atoms with van der Waals surface area (Å²) in [7, 11) is -4.02. The molecule has 1 heterocycles. The van der Waals surface area contributed by atoms with E-state index in [-0.39, 0.29) is 0 Å². The van der Waals surface area contributed by atoms with Crippen molar-refractivity contribution in [3.63, 3.8) is 0 Å². The van der Waals surface area contributed by atoms with E-state index in [2.05, 4.69) is 25.6 Å². The zero-order chi connectivity index (χ0) is 14.6. The number of rotatable bonds is 5. The minimum atomic E-state index is -4.02. The third-order valence-electron chi connectivity index (χ3n) is 2.63. The number of nitrogens with one attached hydrogen (secondary N) is 1. The molecule has 0 aliphatic heterocycles. The highest BCUT2D eigenvalue weighted by atomic mass is 79.9. The number of pyridine rings is 1. The van der Waals surface area contributed by atoms with Crippen LogP contribution in [0.5, 0.6) is 0 Å². The number of sulfonamides is 1. The number of hydrogen-bond donors (Lipinski definition) is 1. The second kappa shape index (κ2) is 6.43. The highest BCUT2D eigenvalue weighted by molar-refractivity contribution is 9.09. The molecule has 0 aliphatic carbocycles. The van der Waals surface area contributed by atoms with Crippen LogP contribution in [0.4, 0.5) is 4.39 Å². The van der Waals surface area contributed by atoms with Gasteiger partial charge in [0, 0.05) is 11.5 Å². The van der Waals surface area contributed by atoms with Crippen LogP contribution in [0.15, 0.2) is 53.7 Å². The van der Waals surface area contributed by atoms with Crippen molar-refractivity contribution in [2.75, 3.05) is 5.33 Å². The number of nitrogens with zero attached hydrogens (tertiary/aromatic N) is 1. The molecule has 0 saturated heterocycles. The van der Waals surface area contributed by atoms with Gasteiger partial charge in [0.25, 0.3) is 10.0 Å². The van der Waals surface area contributed by atoms with Crippen molar-refractivity contribution in [3.8, 4) is 0 Å². The predicted molar refractivity (Wildman–Crippen MR) is 77.5 cm³/mol. The minimum Gasteiger partial charge on any atom is -0.241 e. The zero-order valence-electron chi connectivity index (χ0n) is 10.3. The van der Waals surface area contributed by atoms with E-state index in [1.165, 1.54) is 12.3 Å². The van der Waals surface area contributed by atoms with E-state index in [1.54, 1.807) is 24.3 Å². The van der Waals surface area contributed by atoms with Crippen molar-refractivity contribution in [2.24, 2.45) is 0 Å². The lowest BCUT2D eigenvalue weighted by atomic mass is 10.1. The van der Waals surface area contributed by atoms with Crippen LogP contribution in [-0.4, -0.2) is 18.7 Å². The molecule has 0 amide bonds. The Labute approximate surface area is 125 Å². The van der Waals surface area contributed by atoms with Gasteiger partial charge in [0.2, 0.25) is 5.03 Å². The first kappa shape index (κ1) is 15.1. The van der Waals surface area contributed by atoms with Crippen LogP contribution in [0, 0.1) is 5.82 Å². The van der Waals surface area contributed by atoms with Crippen LogP contribution in [0.3, 0.4) is 0 Å². The Morgan fingerprint density at radius 2 is 1.90 bits per heavy atom. The molecule has 0 saturated carbocycles. The zero-order valence-corrected chi connectivity index (χ0v) is 12.7. The first-order valence-electron chi connectivity index (χ1n) is 5.78. The molecular formula is C13H12BrFN2O2S. The van der Waals surface area contributed by atoms with Crippen LogP contribution in [0.25, 0.3) is 0 Å². The molecule has 1 aromatic carbocycles. The van der Waals surface area contributed by atoms with Crippen LogP contribution < -0.4 is 4.72 Å². The van der Waals surface area contributed by atoms with Crippen molar-refractivity contribution < 1.29 is 12.8 Å². The van der Waals surface area contributed by atoms with Gasteiger partial charge in [0.15, 0.2) is 5.82 Å². The third kappa shape index (κ3) is 3.41. The molecule has 1 N–H and O–H groups in total. The number of aromatic nitrogens is 1. The average molecular weight is 359 g/mol. The number of benzene rings is 1. The first-order chi connectivity index (χ1) is 9.54. The van der Waals surface area contributed by atoms with E-state index in [0.29, 0.717) is 5.33 Å². The molecule has 4 nitrogen and oxygen atoms in total. The fraction of sp³-hybridized carbons (Fsp3) is 0.154. The summed E-state index contributed by atoms with van der Waals surface area (Å²) in [5.41, 5.74) is 0.782. The van der Waals surface area contributed by atoms with Gasteiger partial charge >= 0.3 is 0 Å². The Morgan fingerprint density at radius 3 is 2.50 bits per heavy atom. The molecule has 0 aliphatic rings. The standard InChI is InChI=1S/C13H12BrFN2O2S/c14-9-12(10-5-2-1-3-6-10)17-20(18,19)13-11(15)7-4-8-16-13/h1-8,12,17H,9H2. The van der Waals surface area contributed by atoms with E-state index < -0.39 is 26.9 Å². The summed E-state index contributed by atoms with van der Waals surface area (Å²) in [6, 6.07) is 10.9. The summed E-state index contributed by atoms with van der Waals surface area (Å²) in [6.45, 7) is 0. The van der Waals surface area contributed by atoms with Crippen LogP contribution in [0.1, 0.15) is 11.6 Å². The van der Waals surface area contributed by atoms with Crippen LogP contribution in [-0.2, 0) is 10.0 Å². The highest BCUT2D eigenvalue weighted by Gasteiger charge is 2.24. The van der Waals surface area contributed by atoms with Gasteiger partial charge in [-0.2, -0.15) is 0 Å². The SMILES string of the molecule is O=S(=O)(NC(CBr)c1ccccc1)c1ncccc1F. The van der Waals surface area contributed by atoms with Gasteiger partial charge in [-0.1, -0.05) is 46.3 Å². The summed E-state index contributed by atoms with van der Waals surface area (Å²) in [5, 5.41) is -0.230. The number of alkyl halides is 1. The second-order valence-corrected chi connectivity index (χ2v) is 6.31. The molecule has 2 rings (SSSR count). The van der Waals surface area contributed by atoms with Gasteiger partial charge < -0.3 is 0 Å². The molecule has 0 fully saturated rings. The van der Waals surface area contributed by atoms with Gasteiger partial charge in [-0.15, -0.1) is 0 Å². The van der Waals surface area contributed by atoms with Gasteiger partial charge in [-0.05, 0) is 17.7 Å². The smallest absolute Gasteiger partial charge is 0.241 e. The summed E-state index contributed by atoms with van der Waals surface area (Å²) < 4.78 is 40.3. The Balaban J connectivity index is 2.30. The monoisotopic (exact) mass is 358 g/mol. The molecule has 7 heteroatoms. The quantitative estimate of drug-likeness (QED) is 0.835. The first-order valence-corrected chi connectivity index (χ1v) is 8.39. The minimum absolute atomic E-state index is 0.366. The fourth-order valence-electron chi connectivity index (χ4n) is 1.69. The Hall–Kier alpha value is -1.31. The normalized spacial score (nSPS) is 13.1. The summed E-state index contributed by atoms with van der Waals surface area (Å²) in [4.78, 5) is 3.59. The maximum atomic E-state index is 13.5. The maximum Gasteiger partial charge on any atom is 0.261 e. The molecule has 0 bridgehead atoms. The molecule has 1 unspecified atom stereocenters. The summed E-state index contributed by atoms with van der Waals surface area (Å²) >= 11 is 3.26. The van der Waals surface area contributed by atoms with Gasteiger partial charge in [-0.25, -0.2) is 22.5 Å². The van der Waals surface area contributed by atoms with Crippen molar-refractivity contribution >= 4 is 26.0 Å². The van der Waals surface area contributed by atoms with Crippen LogP contribution in [0.2, 0.25) is 0 Å². The molecule has 0 spiro atoms. The fourth-order valence-corrected chi connectivity index (χ4v) is 3.67. The highest BCUT2D eigenvalue weighted by Crippen LogP contribution is 2.19. The van der Waals surface area contributed by atoms with E-state index in [0.717, 1.165) is 11.6 Å². The molecule has 1 atom stereocenters. The van der Waals surface area contributed by atoms with Gasteiger partial charge in [0.05, 0.1) is 6.04 Å². The summed E-state index contributed by atoms with van der Waals surface area (Å²) in [5.74, 6) is -0.874. The summed E-state index contributed by atoms with van der Waals surface area (Å²) in [6.07, 6.45) is 1.24. The Kier molecular flexibility index (Phi) is 4.85. The van der Waals surface area contributed by atoms with Crippen molar-refractivity contribution in [1.29, 1.82) is 0 Å². The molecule has 106 valence electrons. The molecule has 2 aromatic rings. The average Bonchev–Trinajstić information content (AvgIpc) is 2.46. The van der Waals surface area contributed by atoms with E-state index in [4.69, 9.17) is 0 Å². The second-order valence-electron chi connectivity index (χ2n) is 4.03. The largest absolute Gasteiger partial charge is 0.261 e. The number of halogens is 2. The lowest BCUT2D eigenvalue weighted by Crippen LogP contribution is -2.30. The maximum absolute atomic E-state index is 13.5. The van der Waals surface area contributed by atoms with E-state index >= 15 is 0 Å². The van der Waals surface area contributed by atoms with Gasteiger partial charge in [0.1, 0.15) is 0 Å².